The maximum atomic E-state index is 11.7. The lowest BCUT2D eigenvalue weighted by molar-refractivity contribution is -0.132. The van der Waals surface area contributed by atoms with Gasteiger partial charge in [0.2, 0.25) is 11.8 Å². The number of rotatable bonds is 2. The maximum absolute atomic E-state index is 11.7. The first-order valence-electron chi connectivity index (χ1n) is 6.05. The van der Waals surface area contributed by atoms with Gasteiger partial charge in [0.25, 0.3) is 0 Å². The third-order valence-electron chi connectivity index (χ3n) is 3.23. The second-order valence-electron chi connectivity index (χ2n) is 4.72. The van der Waals surface area contributed by atoms with Crippen molar-refractivity contribution < 1.29 is 9.59 Å². The molecule has 19 heavy (non-hydrogen) atoms. The van der Waals surface area contributed by atoms with Crippen molar-refractivity contribution in [1.82, 2.24) is 5.32 Å². The highest BCUT2D eigenvalue weighted by molar-refractivity contribution is 9.10. The van der Waals surface area contributed by atoms with Crippen LogP contribution in [-0.4, -0.2) is 24.4 Å². The van der Waals surface area contributed by atoms with Crippen LogP contribution in [0.4, 0.5) is 5.69 Å². The Hall–Kier alpha value is -1.40. The molecule has 2 rings (SSSR count). The highest BCUT2D eigenvalue weighted by Crippen LogP contribution is 2.30. The van der Waals surface area contributed by atoms with E-state index in [1.807, 2.05) is 25.1 Å². The number of imide groups is 1. The van der Waals surface area contributed by atoms with Gasteiger partial charge in [0, 0.05) is 10.5 Å². The molecular weight excluding hydrogens is 310 g/mol. The molecule has 1 saturated heterocycles. The number of anilines is 1. The van der Waals surface area contributed by atoms with Crippen LogP contribution in [-0.2, 0) is 9.59 Å². The van der Waals surface area contributed by atoms with Gasteiger partial charge in [-0.3, -0.25) is 14.9 Å². The molecule has 2 amide bonds. The number of nitrogens with one attached hydrogen (secondary N) is 1. The third kappa shape index (κ3) is 2.79. The molecule has 5 nitrogen and oxygen atoms in total. The molecule has 0 aliphatic carbocycles. The number of piperazine rings is 1. The van der Waals surface area contributed by atoms with Crippen LogP contribution in [0.5, 0.6) is 0 Å². The van der Waals surface area contributed by atoms with Gasteiger partial charge in [-0.25, -0.2) is 0 Å². The van der Waals surface area contributed by atoms with Crippen LogP contribution in [0.25, 0.3) is 0 Å². The number of hydrogen-bond acceptors (Lipinski definition) is 4. The monoisotopic (exact) mass is 325 g/mol. The summed E-state index contributed by atoms with van der Waals surface area (Å²) in [5.41, 5.74) is 7.65. The van der Waals surface area contributed by atoms with E-state index in [0.717, 1.165) is 15.7 Å². The highest BCUT2D eigenvalue weighted by Gasteiger charge is 2.31. The minimum absolute atomic E-state index is 0.0611. The molecule has 0 bridgehead atoms. The molecule has 102 valence electrons. The van der Waals surface area contributed by atoms with Crippen LogP contribution >= 0.6 is 15.9 Å². The summed E-state index contributed by atoms with van der Waals surface area (Å²) in [6, 6.07) is 5.27. The van der Waals surface area contributed by atoms with E-state index in [-0.39, 0.29) is 30.4 Å². The van der Waals surface area contributed by atoms with Gasteiger partial charge in [-0.05, 0) is 47.5 Å². The number of carbonyl (C=O) groups is 2. The average Bonchev–Trinajstić information content (AvgIpc) is 2.33. The number of halogens is 1. The van der Waals surface area contributed by atoms with Crippen molar-refractivity contribution in [1.29, 1.82) is 0 Å². The van der Waals surface area contributed by atoms with Crippen molar-refractivity contribution in [2.45, 2.75) is 25.9 Å². The largest absolute Gasteiger partial charge is 0.350 e. The van der Waals surface area contributed by atoms with Crippen LogP contribution < -0.4 is 16.0 Å². The zero-order chi connectivity index (χ0) is 14.2. The third-order valence-corrected chi connectivity index (χ3v) is 3.87. The Kier molecular flexibility index (Phi) is 3.91. The summed E-state index contributed by atoms with van der Waals surface area (Å²) < 4.78 is 0.830. The van der Waals surface area contributed by atoms with E-state index in [4.69, 9.17) is 5.73 Å². The zero-order valence-corrected chi connectivity index (χ0v) is 12.4. The van der Waals surface area contributed by atoms with Crippen LogP contribution in [0.15, 0.2) is 22.7 Å². The summed E-state index contributed by atoms with van der Waals surface area (Å²) >= 11 is 3.48. The lowest BCUT2D eigenvalue weighted by Crippen LogP contribution is -2.57. The minimum atomic E-state index is -0.379. The van der Waals surface area contributed by atoms with Gasteiger partial charge in [0.05, 0.1) is 12.2 Å². The van der Waals surface area contributed by atoms with E-state index in [9.17, 15) is 9.59 Å². The standard InChI is InChI=1S/C13H16BrN3O2/c1-7(15)9-3-4-11(10(14)5-9)17-6-12(18)16-13(19)8(17)2/h3-5,7-8H,6,15H2,1-2H3,(H,16,18,19)/t7-,8?/m0/s1. The second kappa shape index (κ2) is 5.30. The molecule has 3 N–H and O–H groups in total. The van der Waals surface area contributed by atoms with E-state index in [2.05, 4.69) is 21.2 Å². The molecule has 0 saturated carbocycles. The average molecular weight is 326 g/mol. The van der Waals surface area contributed by atoms with E-state index >= 15 is 0 Å². The molecule has 1 fully saturated rings. The van der Waals surface area contributed by atoms with E-state index < -0.39 is 0 Å². The van der Waals surface area contributed by atoms with Crippen LogP contribution in [0.1, 0.15) is 25.5 Å². The molecule has 1 aliphatic rings. The van der Waals surface area contributed by atoms with E-state index in [0.29, 0.717) is 0 Å². The quantitative estimate of drug-likeness (QED) is 0.804. The fourth-order valence-electron chi connectivity index (χ4n) is 2.05. The first-order valence-corrected chi connectivity index (χ1v) is 6.85. The van der Waals surface area contributed by atoms with Crippen LogP contribution in [0.3, 0.4) is 0 Å². The van der Waals surface area contributed by atoms with Gasteiger partial charge in [-0.2, -0.15) is 0 Å². The number of hydrogen-bond donors (Lipinski definition) is 2. The highest BCUT2D eigenvalue weighted by atomic mass is 79.9. The molecule has 0 aromatic heterocycles. The Morgan fingerprint density at radius 1 is 1.47 bits per heavy atom. The Morgan fingerprint density at radius 2 is 2.16 bits per heavy atom. The fraction of sp³-hybridized carbons (Fsp3) is 0.385. The van der Waals surface area contributed by atoms with Crippen molar-refractivity contribution in [3.8, 4) is 0 Å². The summed E-state index contributed by atoms with van der Waals surface area (Å²) in [4.78, 5) is 24.9. The van der Waals surface area contributed by atoms with Crippen molar-refractivity contribution in [2.24, 2.45) is 5.73 Å². The van der Waals surface area contributed by atoms with Crippen LogP contribution in [0, 0.1) is 0 Å². The summed E-state index contributed by atoms with van der Waals surface area (Å²) in [6.07, 6.45) is 0. The van der Waals surface area contributed by atoms with Crippen molar-refractivity contribution in [3.63, 3.8) is 0 Å². The van der Waals surface area contributed by atoms with Crippen molar-refractivity contribution >= 4 is 33.4 Å². The van der Waals surface area contributed by atoms with Gasteiger partial charge in [0.15, 0.2) is 0 Å². The SMILES string of the molecule is CC1C(=O)NC(=O)CN1c1ccc([C@H](C)N)cc1Br. The van der Waals surface area contributed by atoms with Gasteiger partial charge in [-0.1, -0.05) is 6.07 Å². The number of carbonyl (C=O) groups excluding carboxylic acids is 2. The number of nitrogens with two attached hydrogens (primary N) is 1. The molecule has 1 aliphatic heterocycles. The Morgan fingerprint density at radius 3 is 2.74 bits per heavy atom. The lowest BCUT2D eigenvalue weighted by atomic mass is 10.1. The van der Waals surface area contributed by atoms with Gasteiger partial charge in [-0.15, -0.1) is 0 Å². The van der Waals surface area contributed by atoms with Crippen molar-refractivity contribution in [3.05, 3.63) is 28.2 Å². The molecule has 0 radical (unpaired) electrons. The lowest BCUT2D eigenvalue weighted by Gasteiger charge is -2.34. The Bertz CT molecular complexity index is 531. The van der Waals surface area contributed by atoms with Gasteiger partial charge < -0.3 is 10.6 Å². The number of amides is 2. The summed E-state index contributed by atoms with van der Waals surface area (Å²) in [5, 5.41) is 2.32. The molecular formula is C13H16BrN3O2. The molecule has 1 aromatic carbocycles. The summed E-state index contributed by atoms with van der Waals surface area (Å²) in [5.74, 6) is -0.564. The van der Waals surface area contributed by atoms with Gasteiger partial charge >= 0.3 is 0 Å². The van der Waals surface area contributed by atoms with Gasteiger partial charge in [0.1, 0.15) is 6.04 Å². The second-order valence-corrected chi connectivity index (χ2v) is 5.57. The molecule has 6 heteroatoms. The number of benzene rings is 1. The molecule has 1 unspecified atom stereocenters. The minimum Gasteiger partial charge on any atom is -0.350 e. The Labute approximate surface area is 120 Å². The fourth-order valence-corrected chi connectivity index (χ4v) is 2.67. The topological polar surface area (TPSA) is 75.4 Å². The molecule has 1 aromatic rings. The zero-order valence-electron chi connectivity index (χ0n) is 10.8. The smallest absolute Gasteiger partial charge is 0.249 e. The predicted octanol–water partition coefficient (Wildman–Crippen LogP) is 1.32. The maximum Gasteiger partial charge on any atom is 0.249 e. The normalized spacial score (nSPS) is 21.3. The number of nitrogens with zero attached hydrogens (tertiary/aromatic N) is 1. The predicted molar refractivity (Wildman–Crippen MR) is 76.7 cm³/mol. The summed E-state index contributed by atoms with van der Waals surface area (Å²) in [6.45, 7) is 3.85. The van der Waals surface area contributed by atoms with E-state index in [1.165, 1.54) is 0 Å². The van der Waals surface area contributed by atoms with E-state index in [1.54, 1.807) is 11.8 Å². The molecule has 0 spiro atoms. The first kappa shape index (κ1) is 14.0. The molecule has 1 heterocycles. The summed E-state index contributed by atoms with van der Waals surface area (Å²) in [7, 11) is 0. The molecule has 2 atom stereocenters. The van der Waals surface area contributed by atoms with Crippen LogP contribution in [0.2, 0.25) is 0 Å². The van der Waals surface area contributed by atoms with Crippen molar-refractivity contribution in [2.75, 3.05) is 11.4 Å². The Balaban J connectivity index is 2.35. The first-order chi connectivity index (χ1) is 8.90.